The van der Waals surface area contributed by atoms with Gasteiger partial charge in [-0.3, -0.25) is 9.58 Å². The molecule has 2 amide bonds. The Labute approximate surface area is 221 Å². The number of rotatable bonds is 8. The predicted molar refractivity (Wildman–Crippen MR) is 140 cm³/mol. The smallest absolute Gasteiger partial charge is 0.333 e. The largest absolute Gasteiger partial charge is 0.481 e. The van der Waals surface area contributed by atoms with E-state index in [9.17, 15) is 17.6 Å². The van der Waals surface area contributed by atoms with Crippen LogP contribution in [-0.4, -0.2) is 67.0 Å². The van der Waals surface area contributed by atoms with Crippen LogP contribution in [0.3, 0.4) is 0 Å². The molecule has 1 aromatic carbocycles. The SMILES string of the molecule is COc1cc(-c2ccc3c(c2NC(=O)NS(=O)(=O)c2ccn(C(C)(C)CN4CC(F)C4)n2)CCC3)ccn1. The second-order valence-electron chi connectivity index (χ2n) is 10.3. The Morgan fingerprint density at radius 1 is 1.21 bits per heavy atom. The van der Waals surface area contributed by atoms with Crippen molar-refractivity contribution in [2.24, 2.45) is 0 Å². The number of amides is 2. The first kappa shape index (κ1) is 26.1. The number of carbonyl (C=O) groups excluding carboxylic acids is 1. The highest BCUT2D eigenvalue weighted by molar-refractivity contribution is 7.90. The number of aryl methyl sites for hydroxylation is 1. The van der Waals surface area contributed by atoms with Crippen LogP contribution in [-0.2, 0) is 28.4 Å². The van der Waals surface area contributed by atoms with E-state index < -0.39 is 27.8 Å². The van der Waals surface area contributed by atoms with Gasteiger partial charge < -0.3 is 10.1 Å². The number of hydrogen-bond donors (Lipinski definition) is 2. The van der Waals surface area contributed by atoms with Crippen LogP contribution in [0.15, 0.2) is 47.8 Å². The van der Waals surface area contributed by atoms with E-state index in [-0.39, 0.29) is 5.03 Å². The van der Waals surface area contributed by atoms with E-state index in [1.807, 2.05) is 30.9 Å². The summed E-state index contributed by atoms with van der Waals surface area (Å²) in [4.78, 5) is 19.1. The van der Waals surface area contributed by atoms with Crippen LogP contribution < -0.4 is 14.8 Å². The highest BCUT2D eigenvalue weighted by Gasteiger charge is 2.34. The topological polar surface area (TPSA) is 118 Å². The molecule has 3 heterocycles. The molecule has 0 unspecified atom stereocenters. The first-order valence-corrected chi connectivity index (χ1v) is 14.0. The van der Waals surface area contributed by atoms with Gasteiger partial charge in [-0.1, -0.05) is 12.1 Å². The van der Waals surface area contributed by atoms with Crippen LogP contribution in [0.5, 0.6) is 5.88 Å². The number of hydrogen-bond acceptors (Lipinski definition) is 7. The van der Waals surface area contributed by atoms with Gasteiger partial charge in [0.2, 0.25) is 5.88 Å². The summed E-state index contributed by atoms with van der Waals surface area (Å²) in [6.45, 7) is 5.02. The summed E-state index contributed by atoms with van der Waals surface area (Å²) in [6, 6.07) is 7.99. The van der Waals surface area contributed by atoms with Crippen molar-refractivity contribution in [1.29, 1.82) is 0 Å². The number of anilines is 1. The number of fused-ring (bicyclic) bond motifs is 1. The Morgan fingerprint density at radius 2 is 2.00 bits per heavy atom. The third kappa shape index (κ3) is 5.23. The number of alkyl halides is 1. The van der Waals surface area contributed by atoms with Crippen LogP contribution >= 0.6 is 0 Å². The molecule has 1 aliphatic carbocycles. The standard InChI is InChI=1S/C26H31FN6O4S/c1-26(2,16-32-14-19(27)15-32)33-12-10-23(30-33)38(35,36)31-25(34)29-24-20-6-4-5-17(20)7-8-21(24)18-9-11-28-22(13-18)37-3/h7-13,19H,4-6,14-16H2,1-3H3,(H2,29,31,34). The molecule has 202 valence electrons. The minimum absolute atomic E-state index is 0.273. The summed E-state index contributed by atoms with van der Waals surface area (Å²) >= 11 is 0. The van der Waals surface area contributed by atoms with Gasteiger partial charge in [0.05, 0.1) is 18.3 Å². The third-order valence-electron chi connectivity index (χ3n) is 6.99. The second kappa shape index (κ2) is 9.99. The van der Waals surface area contributed by atoms with E-state index in [1.165, 1.54) is 17.9 Å². The molecule has 2 aliphatic rings. The Balaban J connectivity index is 1.35. The highest BCUT2D eigenvalue weighted by atomic mass is 32.2. The lowest BCUT2D eigenvalue weighted by Gasteiger charge is -2.40. The highest BCUT2D eigenvalue weighted by Crippen LogP contribution is 2.38. The number of benzene rings is 1. The fourth-order valence-electron chi connectivity index (χ4n) is 5.09. The maximum atomic E-state index is 13.2. The lowest BCUT2D eigenvalue weighted by Crippen LogP contribution is -2.54. The lowest BCUT2D eigenvalue weighted by molar-refractivity contribution is 0.0339. The number of urea groups is 1. The minimum Gasteiger partial charge on any atom is -0.481 e. The number of pyridine rings is 1. The van der Waals surface area contributed by atoms with Gasteiger partial charge in [-0.25, -0.2) is 18.9 Å². The third-order valence-corrected chi connectivity index (χ3v) is 8.21. The van der Waals surface area contributed by atoms with Crippen molar-refractivity contribution < 1.29 is 22.3 Å². The molecule has 3 aromatic rings. The average Bonchev–Trinajstić information content (AvgIpc) is 3.54. The zero-order valence-electron chi connectivity index (χ0n) is 21.6. The molecule has 0 spiro atoms. The van der Waals surface area contributed by atoms with Crippen molar-refractivity contribution in [3.63, 3.8) is 0 Å². The first-order chi connectivity index (χ1) is 18.1. The summed E-state index contributed by atoms with van der Waals surface area (Å²) in [7, 11) is -2.72. The zero-order chi connectivity index (χ0) is 27.1. The molecule has 1 fully saturated rings. The normalized spacial score (nSPS) is 16.1. The number of methoxy groups -OCH3 is 1. The summed E-state index contributed by atoms with van der Waals surface area (Å²) < 4.78 is 48.2. The van der Waals surface area contributed by atoms with Crippen molar-refractivity contribution >= 4 is 21.7 Å². The summed E-state index contributed by atoms with van der Waals surface area (Å²) in [5.41, 5.74) is 3.63. The summed E-state index contributed by atoms with van der Waals surface area (Å²) in [6.07, 6.45) is 4.95. The number of ether oxygens (including phenoxy) is 1. The monoisotopic (exact) mass is 542 g/mol. The van der Waals surface area contributed by atoms with Crippen molar-refractivity contribution in [3.05, 3.63) is 53.9 Å². The van der Waals surface area contributed by atoms with Crippen LogP contribution in [0.4, 0.5) is 14.9 Å². The molecule has 2 N–H and O–H groups in total. The van der Waals surface area contributed by atoms with E-state index in [4.69, 9.17) is 4.74 Å². The number of likely N-dealkylation sites (tertiary alicyclic amines) is 1. The number of sulfonamides is 1. The molecule has 0 atom stereocenters. The van der Waals surface area contributed by atoms with Gasteiger partial charge in [0.1, 0.15) is 6.17 Å². The van der Waals surface area contributed by atoms with Crippen LogP contribution in [0.25, 0.3) is 11.1 Å². The molecule has 38 heavy (non-hydrogen) atoms. The Bertz CT molecular complexity index is 1470. The number of nitrogens with one attached hydrogen (secondary N) is 2. The molecule has 10 nitrogen and oxygen atoms in total. The number of aromatic nitrogens is 3. The van der Waals surface area contributed by atoms with Crippen LogP contribution in [0, 0.1) is 0 Å². The van der Waals surface area contributed by atoms with E-state index >= 15 is 0 Å². The molecule has 1 saturated heterocycles. The number of carbonyl (C=O) groups is 1. The average molecular weight is 543 g/mol. The second-order valence-corrected chi connectivity index (χ2v) is 12.0. The Morgan fingerprint density at radius 3 is 2.74 bits per heavy atom. The van der Waals surface area contributed by atoms with Crippen molar-refractivity contribution in [3.8, 4) is 17.0 Å². The van der Waals surface area contributed by atoms with Gasteiger partial charge in [-0.2, -0.15) is 13.5 Å². The maximum absolute atomic E-state index is 13.2. The molecular weight excluding hydrogens is 511 g/mol. The molecule has 5 rings (SSSR count). The van der Waals surface area contributed by atoms with Gasteiger partial charge in [-0.15, -0.1) is 0 Å². The summed E-state index contributed by atoms with van der Waals surface area (Å²) in [5, 5.41) is 6.75. The first-order valence-electron chi connectivity index (χ1n) is 12.5. The van der Waals surface area contributed by atoms with E-state index in [1.54, 1.807) is 24.5 Å². The van der Waals surface area contributed by atoms with Gasteiger partial charge in [0, 0.05) is 43.7 Å². The fourth-order valence-corrected chi connectivity index (χ4v) is 5.93. The Kier molecular flexibility index (Phi) is 6.86. The van der Waals surface area contributed by atoms with E-state index in [2.05, 4.69) is 20.1 Å². The van der Waals surface area contributed by atoms with E-state index in [0.717, 1.165) is 41.5 Å². The van der Waals surface area contributed by atoms with Crippen LogP contribution in [0.2, 0.25) is 0 Å². The quantitative estimate of drug-likeness (QED) is 0.448. The van der Waals surface area contributed by atoms with Crippen molar-refractivity contribution in [2.75, 3.05) is 32.1 Å². The molecule has 12 heteroatoms. The van der Waals surface area contributed by atoms with Gasteiger partial charge >= 0.3 is 6.03 Å². The van der Waals surface area contributed by atoms with Gasteiger partial charge in [0.15, 0.2) is 5.03 Å². The maximum Gasteiger partial charge on any atom is 0.333 e. The summed E-state index contributed by atoms with van der Waals surface area (Å²) in [5.74, 6) is 0.429. The minimum atomic E-state index is -4.25. The molecular formula is C26H31FN6O4S. The lowest BCUT2D eigenvalue weighted by atomic mass is 9.98. The molecule has 2 aromatic heterocycles. The van der Waals surface area contributed by atoms with Crippen molar-refractivity contribution in [2.45, 2.75) is 49.8 Å². The van der Waals surface area contributed by atoms with E-state index in [0.29, 0.717) is 31.2 Å². The predicted octanol–water partition coefficient (Wildman–Crippen LogP) is 3.34. The zero-order valence-corrected chi connectivity index (χ0v) is 22.4. The molecule has 0 bridgehead atoms. The van der Waals surface area contributed by atoms with Crippen molar-refractivity contribution in [1.82, 2.24) is 24.4 Å². The Hall–Kier alpha value is -3.51. The number of halogens is 1. The van der Waals surface area contributed by atoms with Gasteiger partial charge in [0.25, 0.3) is 10.0 Å². The van der Waals surface area contributed by atoms with Gasteiger partial charge in [-0.05, 0) is 61.9 Å². The molecule has 1 aliphatic heterocycles. The number of nitrogens with zero attached hydrogens (tertiary/aromatic N) is 4. The molecule has 0 saturated carbocycles. The molecule has 0 radical (unpaired) electrons. The van der Waals surface area contributed by atoms with Crippen LogP contribution in [0.1, 0.15) is 31.4 Å². The fraction of sp³-hybridized carbons (Fsp3) is 0.423.